The third-order valence-corrected chi connectivity index (χ3v) is 4.25. The average molecular weight is 225 g/mol. The molecule has 2 saturated carbocycles. The largest absolute Gasteiger partial charge is 0.377 e. The summed E-state index contributed by atoms with van der Waals surface area (Å²) >= 11 is 0. The second kappa shape index (κ2) is 6.61. The summed E-state index contributed by atoms with van der Waals surface area (Å²) in [6, 6.07) is 0.625. The van der Waals surface area contributed by atoms with Crippen molar-refractivity contribution in [2.24, 2.45) is 5.92 Å². The lowest BCUT2D eigenvalue weighted by Gasteiger charge is -2.33. The maximum atomic E-state index is 6.09. The highest BCUT2D eigenvalue weighted by molar-refractivity contribution is 4.81. The SMILES string of the molecule is CCNC1CCCCC1OCCC1CCC1. The fraction of sp³-hybridized carbons (Fsp3) is 1.00. The van der Waals surface area contributed by atoms with Gasteiger partial charge < -0.3 is 10.1 Å². The van der Waals surface area contributed by atoms with E-state index in [4.69, 9.17) is 4.74 Å². The van der Waals surface area contributed by atoms with Crippen LogP contribution in [0.1, 0.15) is 58.3 Å². The first-order valence-electron chi connectivity index (χ1n) is 7.25. The Labute approximate surface area is 100 Å². The van der Waals surface area contributed by atoms with Crippen molar-refractivity contribution >= 4 is 0 Å². The van der Waals surface area contributed by atoms with Crippen LogP contribution in [0.15, 0.2) is 0 Å². The van der Waals surface area contributed by atoms with Gasteiger partial charge in [0.15, 0.2) is 0 Å². The Bertz CT molecular complexity index is 189. The van der Waals surface area contributed by atoms with Gasteiger partial charge in [0.1, 0.15) is 0 Å². The van der Waals surface area contributed by atoms with Crippen molar-refractivity contribution in [2.45, 2.75) is 70.4 Å². The van der Waals surface area contributed by atoms with Crippen molar-refractivity contribution in [1.29, 1.82) is 0 Å². The maximum Gasteiger partial charge on any atom is 0.0728 e. The molecule has 16 heavy (non-hydrogen) atoms. The summed E-state index contributed by atoms with van der Waals surface area (Å²) in [5, 5.41) is 3.58. The molecular formula is C14H27NO. The molecule has 0 saturated heterocycles. The topological polar surface area (TPSA) is 21.3 Å². The molecule has 0 aromatic heterocycles. The standard InChI is InChI=1S/C14H27NO/c1-2-15-13-8-3-4-9-14(13)16-11-10-12-6-5-7-12/h12-15H,2-11H2,1H3. The fourth-order valence-corrected chi connectivity index (χ4v) is 2.96. The van der Waals surface area contributed by atoms with Gasteiger partial charge in [-0.2, -0.15) is 0 Å². The average Bonchev–Trinajstić information content (AvgIpc) is 2.24. The number of hydrogen-bond donors (Lipinski definition) is 1. The van der Waals surface area contributed by atoms with E-state index in [1.807, 2.05) is 0 Å². The normalized spacial score (nSPS) is 31.3. The Balaban J connectivity index is 1.64. The molecule has 2 aliphatic rings. The minimum Gasteiger partial charge on any atom is -0.377 e. The summed E-state index contributed by atoms with van der Waals surface area (Å²) < 4.78 is 6.09. The van der Waals surface area contributed by atoms with Crippen LogP contribution in [-0.4, -0.2) is 25.3 Å². The van der Waals surface area contributed by atoms with Gasteiger partial charge in [-0.25, -0.2) is 0 Å². The van der Waals surface area contributed by atoms with Crippen molar-refractivity contribution in [3.05, 3.63) is 0 Å². The zero-order valence-corrected chi connectivity index (χ0v) is 10.7. The number of rotatable bonds is 6. The first kappa shape index (κ1) is 12.4. The van der Waals surface area contributed by atoms with E-state index in [1.54, 1.807) is 0 Å². The Morgan fingerprint density at radius 3 is 2.56 bits per heavy atom. The van der Waals surface area contributed by atoms with E-state index in [0.29, 0.717) is 12.1 Å². The van der Waals surface area contributed by atoms with Gasteiger partial charge in [0.05, 0.1) is 6.10 Å². The molecule has 0 aliphatic heterocycles. The molecular weight excluding hydrogens is 198 g/mol. The van der Waals surface area contributed by atoms with Crippen LogP contribution in [0.3, 0.4) is 0 Å². The minimum atomic E-state index is 0.494. The first-order valence-corrected chi connectivity index (χ1v) is 7.25. The van der Waals surface area contributed by atoms with E-state index in [0.717, 1.165) is 19.1 Å². The van der Waals surface area contributed by atoms with Crippen molar-refractivity contribution in [3.63, 3.8) is 0 Å². The molecule has 0 aromatic carbocycles. The van der Waals surface area contributed by atoms with Crippen molar-refractivity contribution in [2.75, 3.05) is 13.2 Å². The molecule has 94 valence electrons. The molecule has 2 rings (SSSR count). The fourth-order valence-electron chi connectivity index (χ4n) is 2.96. The highest BCUT2D eigenvalue weighted by Crippen LogP contribution is 2.30. The van der Waals surface area contributed by atoms with Crippen molar-refractivity contribution < 1.29 is 4.74 Å². The highest BCUT2D eigenvalue weighted by Gasteiger charge is 2.25. The van der Waals surface area contributed by atoms with Gasteiger partial charge in [0.2, 0.25) is 0 Å². The number of likely N-dealkylation sites (N-methyl/N-ethyl adjacent to an activating group) is 1. The highest BCUT2D eigenvalue weighted by atomic mass is 16.5. The Hall–Kier alpha value is -0.0800. The molecule has 0 bridgehead atoms. The van der Waals surface area contributed by atoms with Crippen LogP contribution < -0.4 is 5.32 Å². The lowest BCUT2D eigenvalue weighted by atomic mass is 9.83. The van der Waals surface area contributed by atoms with E-state index < -0.39 is 0 Å². The summed E-state index contributed by atoms with van der Waals surface area (Å²) in [7, 11) is 0. The maximum absolute atomic E-state index is 6.09. The molecule has 2 nitrogen and oxygen atoms in total. The second-order valence-electron chi connectivity index (χ2n) is 5.44. The third-order valence-electron chi connectivity index (χ3n) is 4.25. The predicted octanol–water partition coefficient (Wildman–Crippen LogP) is 3.11. The van der Waals surface area contributed by atoms with Crippen LogP contribution in [0.4, 0.5) is 0 Å². The molecule has 2 fully saturated rings. The van der Waals surface area contributed by atoms with Gasteiger partial charge in [0.25, 0.3) is 0 Å². The minimum absolute atomic E-state index is 0.494. The molecule has 2 unspecified atom stereocenters. The number of ether oxygens (including phenoxy) is 1. The Morgan fingerprint density at radius 1 is 1.06 bits per heavy atom. The molecule has 0 spiro atoms. The summed E-state index contributed by atoms with van der Waals surface area (Å²) in [4.78, 5) is 0. The third kappa shape index (κ3) is 3.46. The molecule has 2 atom stereocenters. The first-order chi connectivity index (χ1) is 7.90. The molecule has 0 heterocycles. The summed E-state index contributed by atoms with van der Waals surface area (Å²) in [5.41, 5.74) is 0. The molecule has 0 radical (unpaired) electrons. The number of nitrogens with one attached hydrogen (secondary N) is 1. The molecule has 2 aliphatic carbocycles. The van der Waals surface area contributed by atoms with Crippen LogP contribution in [0.25, 0.3) is 0 Å². The molecule has 0 amide bonds. The number of hydrogen-bond acceptors (Lipinski definition) is 2. The zero-order valence-electron chi connectivity index (χ0n) is 10.7. The van der Waals surface area contributed by atoms with Gasteiger partial charge >= 0.3 is 0 Å². The lowest BCUT2D eigenvalue weighted by Crippen LogP contribution is -2.43. The molecule has 2 heteroatoms. The zero-order chi connectivity index (χ0) is 11.2. The summed E-state index contributed by atoms with van der Waals surface area (Å²) in [6.07, 6.45) is 11.5. The Kier molecular flexibility index (Phi) is 5.11. The van der Waals surface area contributed by atoms with Crippen molar-refractivity contribution in [3.8, 4) is 0 Å². The van der Waals surface area contributed by atoms with Crippen molar-refractivity contribution in [1.82, 2.24) is 5.32 Å². The van der Waals surface area contributed by atoms with Crippen LogP contribution in [0.2, 0.25) is 0 Å². The Morgan fingerprint density at radius 2 is 1.88 bits per heavy atom. The van der Waals surface area contributed by atoms with Crippen LogP contribution in [0.5, 0.6) is 0 Å². The second-order valence-corrected chi connectivity index (χ2v) is 5.44. The van der Waals surface area contributed by atoms with E-state index in [1.165, 1.54) is 51.4 Å². The summed E-state index contributed by atoms with van der Waals surface area (Å²) in [5.74, 6) is 0.987. The van der Waals surface area contributed by atoms with Gasteiger partial charge in [-0.15, -0.1) is 0 Å². The van der Waals surface area contributed by atoms with Gasteiger partial charge in [-0.1, -0.05) is 39.0 Å². The van der Waals surface area contributed by atoms with Crippen LogP contribution >= 0.6 is 0 Å². The van der Waals surface area contributed by atoms with E-state index >= 15 is 0 Å². The van der Waals surface area contributed by atoms with Gasteiger partial charge in [-0.05, 0) is 31.7 Å². The quantitative estimate of drug-likeness (QED) is 0.750. The summed E-state index contributed by atoms with van der Waals surface area (Å²) in [6.45, 7) is 4.27. The van der Waals surface area contributed by atoms with E-state index in [2.05, 4.69) is 12.2 Å². The monoisotopic (exact) mass is 225 g/mol. The van der Waals surface area contributed by atoms with Crippen LogP contribution in [0, 0.1) is 5.92 Å². The van der Waals surface area contributed by atoms with Gasteiger partial charge in [0, 0.05) is 12.6 Å². The molecule has 0 aromatic rings. The van der Waals surface area contributed by atoms with E-state index in [-0.39, 0.29) is 0 Å². The van der Waals surface area contributed by atoms with E-state index in [9.17, 15) is 0 Å². The van der Waals surface area contributed by atoms with Gasteiger partial charge in [-0.3, -0.25) is 0 Å². The predicted molar refractivity (Wildman–Crippen MR) is 67.6 cm³/mol. The lowest BCUT2D eigenvalue weighted by molar-refractivity contribution is -0.00419. The van der Waals surface area contributed by atoms with Crippen LogP contribution in [-0.2, 0) is 4.74 Å². The smallest absolute Gasteiger partial charge is 0.0728 e. The molecule has 1 N–H and O–H groups in total.